The number of anilines is 1. The molecule has 0 fully saturated rings. The summed E-state index contributed by atoms with van der Waals surface area (Å²) in [6.45, 7) is 11.3. The number of hydrogen-bond acceptors (Lipinski definition) is 5. The first-order valence-corrected chi connectivity index (χ1v) is 17.3. The quantitative estimate of drug-likeness (QED) is 0.193. The SMILES string of the molecule is CCCC[C@H](NC[C@H](C)NC(=O)c1cc(CCCCc2cccc(C)c2)cc(N(C)S(=O)(=O)N(C)C)c1)C(=O)NCC(C)C. The lowest BCUT2D eigenvalue weighted by Gasteiger charge is -2.25. The fourth-order valence-electron chi connectivity index (χ4n) is 4.87. The van der Waals surface area contributed by atoms with Crippen LogP contribution < -0.4 is 20.3 Å². The van der Waals surface area contributed by atoms with Crippen molar-refractivity contribution >= 4 is 27.7 Å². The van der Waals surface area contributed by atoms with Gasteiger partial charge in [0, 0.05) is 45.8 Å². The minimum Gasteiger partial charge on any atom is -0.354 e. The van der Waals surface area contributed by atoms with Gasteiger partial charge < -0.3 is 16.0 Å². The van der Waals surface area contributed by atoms with Crippen LogP contribution in [0.5, 0.6) is 0 Å². The molecular weight excluding hydrogens is 574 g/mol. The van der Waals surface area contributed by atoms with E-state index >= 15 is 0 Å². The van der Waals surface area contributed by atoms with Crippen LogP contribution in [-0.2, 0) is 27.8 Å². The van der Waals surface area contributed by atoms with Gasteiger partial charge in [0.05, 0.1) is 11.7 Å². The number of unbranched alkanes of at least 4 members (excludes halogenated alkanes) is 2. The molecule has 2 aromatic rings. The number of carbonyl (C=O) groups is 2. The second kappa shape index (κ2) is 18.1. The van der Waals surface area contributed by atoms with Gasteiger partial charge >= 0.3 is 10.2 Å². The van der Waals surface area contributed by atoms with E-state index < -0.39 is 10.2 Å². The van der Waals surface area contributed by atoms with Crippen molar-refractivity contribution in [3.05, 3.63) is 64.7 Å². The van der Waals surface area contributed by atoms with Gasteiger partial charge in [-0.1, -0.05) is 63.4 Å². The highest BCUT2D eigenvalue weighted by Crippen LogP contribution is 2.23. The summed E-state index contributed by atoms with van der Waals surface area (Å²) in [5.74, 6) is 0.0623. The summed E-state index contributed by atoms with van der Waals surface area (Å²) < 4.78 is 28.2. The zero-order chi connectivity index (χ0) is 32.9. The smallest absolute Gasteiger partial charge is 0.303 e. The van der Waals surface area contributed by atoms with Gasteiger partial charge in [-0.25, -0.2) is 0 Å². The Labute approximate surface area is 266 Å². The standard InChI is InChI=1S/C34H55N5O4S/c1-9-10-18-32(34(41)36-23-25(2)3)35-24-27(5)37-33(40)30-20-29(16-12-11-15-28-17-13-14-26(4)19-28)21-31(22-30)39(8)44(42,43)38(6)7/h13-14,17,19-22,25,27,32,35H,9-12,15-16,18,23-24H2,1-8H3,(H,36,41)(H,37,40)/t27-,32-/m0/s1. The second-order valence-electron chi connectivity index (χ2n) is 12.5. The maximum Gasteiger partial charge on any atom is 0.303 e. The molecule has 2 amide bonds. The molecule has 2 rings (SSSR count). The van der Waals surface area contributed by atoms with Crippen molar-refractivity contribution in [2.45, 2.75) is 91.6 Å². The van der Waals surface area contributed by atoms with E-state index in [1.807, 2.05) is 19.1 Å². The molecule has 0 radical (unpaired) electrons. The van der Waals surface area contributed by atoms with Crippen LogP contribution in [0.2, 0.25) is 0 Å². The summed E-state index contributed by atoms with van der Waals surface area (Å²) in [5, 5.41) is 9.38. The topological polar surface area (TPSA) is 111 Å². The molecule has 0 aliphatic rings. The van der Waals surface area contributed by atoms with E-state index in [0.717, 1.165) is 54.8 Å². The predicted molar refractivity (Wildman–Crippen MR) is 181 cm³/mol. The number of amides is 2. The Morgan fingerprint density at radius 1 is 0.886 bits per heavy atom. The Morgan fingerprint density at radius 3 is 2.18 bits per heavy atom. The number of nitrogens with zero attached hydrogens (tertiary/aromatic N) is 2. The van der Waals surface area contributed by atoms with Crippen molar-refractivity contribution < 1.29 is 18.0 Å². The minimum atomic E-state index is -3.73. The average Bonchev–Trinajstić information content (AvgIpc) is 2.97. The van der Waals surface area contributed by atoms with Crippen molar-refractivity contribution in [2.75, 3.05) is 38.5 Å². The molecule has 0 saturated carbocycles. The van der Waals surface area contributed by atoms with Crippen LogP contribution in [0.15, 0.2) is 42.5 Å². The number of hydrogen-bond donors (Lipinski definition) is 3. The lowest BCUT2D eigenvalue weighted by molar-refractivity contribution is -0.123. The van der Waals surface area contributed by atoms with E-state index in [0.29, 0.717) is 30.3 Å². The van der Waals surface area contributed by atoms with Crippen molar-refractivity contribution in [1.82, 2.24) is 20.3 Å². The highest BCUT2D eigenvalue weighted by Gasteiger charge is 2.23. The van der Waals surface area contributed by atoms with Gasteiger partial charge in [0.15, 0.2) is 0 Å². The van der Waals surface area contributed by atoms with Crippen LogP contribution in [0.3, 0.4) is 0 Å². The van der Waals surface area contributed by atoms with E-state index in [9.17, 15) is 18.0 Å². The first-order valence-electron chi connectivity index (χ1n) is 15.9. The van der Waals surface area contributed by atoms with Crippen LogP contribution in [-0.4, -0.2) is 70.9 Å². The molecule has 0 aliphatic heterocycles. The van der Waals surface area contributed by atoms with Gasteiger partial charge in [0.2, 0.25) is 5.91 Å². The van der Waals surface area contributed by atoms with Gasteiger partial charge in [-0.15, -0.1) is 0 Å². The molecule has 3 N–H and O–H groups in total. The fraction of sp³-hybridized carbons (Fsp3) is 0.588. The Kier molecular flexibility index (Phi) is 15.3. The highest BCUT2D eigenvalue weighted by molar-refractivity contribution is 7.90. The van der Waals surface area contributed by atoms with Crippen LogP contribution in [0, 0.1) is 12.8 Å². The average molecular weight is 630 g/mol. The maximum atomic E-state index is 13.4. The van der Waals surface area contributed by atoms with Gasteiger partial charge in [0.25, 0.3) is 5.91 Å². The number of rotatable bonds is 19. The van der Waals surface area contributed by atoms with Crippen LogP contribution in [0.4, 0.5) is 5.69 Å². The van der Waals surface area contributed by atoms with E-state index in [-0.39, 0.29) is 23.9 Å². The number of carbonyl (C=O) groups excluding carboxylic acids is 2. The molecule has 44 heavy (non-hydrogen) atoms. The molecule has 0 aromatic heterocycles. The molecule has 2 aromatic carbocycles. The lowest BCUT2D eigenvalue weighted by atomic mass is 10.0. The monoisotopic (exact) mass is 629 g/mol. The van der Waals surface area contributed by atoms with E-state index in [1.165, 1.54) is 36.6 Å². The summed E-state index contributed by atoms with van der Waals surface area (Å²) in [4.78, 5) is 26.2. The van der Waals surface area contributed by atoms with Crippen molar-refractivity contribution in [1.29, 1.82) is 0 Å². The van der Waals surface area contributed by atoms with Crippen LogP contribution in [0.1, 0.15) is 86.8 Å². The van der Waals surface area contributed by atoms with Crippen molar-refractivity contribution in [3.63, 3.8) is 0 Å². The van der Waals surface area contributed by atoms with E-state index in [4.69, 9.17) is 0 Å². The summed E-state index contributed by atoms with van der Waals surface area (Å²) in [7, 11) is 0.739. The molecule has 0 spiro atoms. The molecule has 0 unspecified atom stereocenters. The summed E-state index contributed by atoms with van der Waals surface area (Å²) in [6, 6.07) is 13.2. The van der Waals surface area contributed by atoms with E-state index in [1.54, 1.807) is 6.07 Å². The normalized spacial score (nSPS) is 13.1. The lowest BCUT2D eigenvalue weighted by Crippen LogP contribution is -2.49. The Hall–Kier alpha value is -2.95. The first kappa shape index (κ1) is 37.2. The Morgan fingerprint density at radius 2 is 1.57 bits per heavy atom. The highest BCUT2D eigenvalue weighted by atomic mass is 32.2. The van der Waals surface area contributed by atoms with Crippen LogP contribution in [0.25, 0.3) is 0 Å². The molecule has 2 atom stereocenters. The van der Waals surface area contributed by atoms with Gasteiger partial charge in [0.1, 0.15) is 0 Å². The summed E-state index contributed by atoms with van der Waals surface area (Å²) >= 11 is 0. The third-order valence-electron chi connectivity index (χ3n) is 7.57. The first-order chi connectivity index (χ1) is 20.7. The van der Waals surface area contributed by atoms with E-state index in [2.05, 4.69) is 67.9 Å². The number of nitrogens with one attached hydrogen (secondary N) is 3. The number of aryl methyl sites for hydroxylation is 3. The molecule has 0 bridgehead atoms. The molecular formula is C34H55N5O4S. The third-order valence-corrected chi connectivity index (χ3v) is 9.40. The number of benzene rings is 2. The van der Waals surface area contributed by atoms with Gasteiger partial charge in [-0.3, -0.25) is 13.9 Å². The molecule has 0 aliphatic carbocycles. The minimum absolute atomic E-state index is 0.0180. The molecule has 0 saturated heterocycles. The largest absolute Gasteiger partial charge is 0.354 e. The predicted octanol–water partition coefficient (Wildman–Crippen LogP) is 4.84. The van der Waals surface area contributed by atoms with Crippen LogP contribution >= 0.6 is 0 Å². The fourth-order valence-corrected chi connectivity index (χ4v) is 5.74. The molecule has 10 heteroatoms. The molecule has 9 nitrogen and oxygen atoms in total. The van der Waals surface area contributed by atoms with Crippen molar-refractivity contribution in [3.8, 4) is 0 Å². The summed E-state index contributed by atoms with van der Waals surface area (Å²) in [6.07, 6.45) is 6.21. The Bertz CT molecular complexity index is 1310. The third kappa shape index (κ3) is 12.2. The molecule has 0 heterocycles. The zero-order valence-corrected chi connectivity index (χ0v) is 28.9. The van der Waals surface area contributed by atoms with Gasteiger partial charge in [-0.05, 0) is 81.2 Å². The summed E-state index contributed by atoms with van der Waals surface area (Å²) in [5.41, 5.74) is 4.29. The maximum absolute atomic E-state index is 13.4. The molecule has 246 valence electrons. The Balaban J connectivity index is 2.15. The second-order valence-corrected chi connectivity index (χ2v) is 14.6. The van der Waals surface area contributed by atoms with Gasteiger partial charge in [-0.2, -0.15) is 12.7 Å². The van der Waals surface area contributed by atoms with Crippen molar-refractivity contribution in [2.24, 2.45) is 5.92 Å². The zero-order valence-electron chi connectivity index (χ0n) is 28.1.